The Morgan fingerprint density at radius 1 is 1.06 bits per heavy atom. The first-order valence-electron chi connectivity index (χ1n) is 6.38. The Labute approximate surface area is 109 Å². The summed E-state index contributed by atoms with van der Waals surface area (Å²) in [4.78, 5) is 4.50. The van der Waals surface area contributed by atoms with Crippen LogP contribution in [0.1, 0.15) is 35.5 Å². The van der Waals surface area contributed by atoms with Crippen LogP contribution in [0.3, 0.4) is 0 Å². The molecule has 0 aliphatic carbocycles. The number of hydrogen-bond donors (Lipinski definition) is 1. The highest BCUT2D eigenvalue weighted by Gasteiger charge is 2.07. The van der Waals surface area contributed by atoms with Gasteiger partial charge in [0.2, 0.25) is 0 Å². The fourth-order valence-electron chi connectivity index (χ4n) is 2.14. The van der Waals surface area contributed by atoms with Gasteiger partial charge in [-0.05, 0) is 44.0 Å². The number of aryl methyl sites for hydroxylation is 2. The van der Waals surface area contributed by atoms with Crippen LogP contribution in [0.25, 0.3) is 0 Å². The molecule has 2 rings (SSSR count). The predicted octanol–water partition coefficient (Wildman–Crippen LogP) is 3.55. The van der Waals surface area contributed by atoms with E-state index in [1.54, 1.807) is 0 Å². The van der Waals surface area contributed by atoms with E-state index in [0.29, 0.717) is 6.04 Å². The molecule has 0 fully saturated rings. The van der Waals surface area contributed by atoms with Crippen molar-refractivity contribution in [2.45, 2.75) is 33.4 Å². The van der Waals surface area contributed by atoms with Crippen molar-refractivity contribution in [1.82, 2.24) is 10.3 Å². The molecule has 1 N–H and O–H groups in total. The normalized spacial score (nSPS) is 12.4. The molecule has 0 aliphatic rings. The zero-order chi connectivity index (χ0) is 13.0. The van der Waals surface area contributed by atoms with E-state index in [4.69, 9.17) is 0 Å². The molecule has 0 saturated carbocycles. The van der Waals surface area contributed by atoms with Crippen molar-refractivity contribution in [3.63, 3.8) is 0 Å². The van der Waals surface area contributed by atoms with Gasteiger partial charge < -0.3 is 5.32 Å². The molecule has 0 saturated heterocycles. The average Bonchev–Trinajstić information content (AvgIpc) is 2.37. The van der Waals surface area contributed by atoms with Gasteiger partial charge >= 0.3 is 0 Å². The van der Waals surface area contributed by atoms with Gasteiger partial charge in [0.15, 0.2) is 0 Å². The first-order valence-corrected chi connectivity index (χ1v) is 6.38. The molecule has 18 heavy (non-hydrogen) atoms. The van der Waals surface area contributed by atoms with Crippen LogP contribution in [0.15, 0.2) is 42.5 Å². The van der Waals surface area contributed by atoms with Crippen LogP contribution in [0.5, 0.6) is 0 Å². The maximum Gasteiger partial charge on any atom is 0.0545 e. The summed E-state index contributed by atoms with van der Waals surface area (Å²) >= 11 is 0. The summed E-state index contributed by atoms with van der Waals surface area (Å²) in [6.45, 7) is 7.17. The summed E-state index contributed by atoms with van der Waals surface area (Å²) in [5, 5.41) is 3.52. The van der Waals surface area contributed by atoms with E-state index >= 15 is 0 Å². The minimum absolute atomic E-state index is 0.341. The number of aromatic nitrogens is 1. The lowest BCUT2D eigenvalue weighted by molar-refractivity contribution is 0.565. The first-order chi connectivity index (χ1) is 8.66. The minimum Gasteiger partial charge on any atom is -0.305 e. The molecule has 0 unspecified atom stereocenters. The molecule has 0 radical (unpaired) electrons. The third-order valence-corrected chi connectivity index (χ3v) is 3.19. The van der Waals surface area contributed by atoms with Crippen LogP contribution in [-0.4, -0.2) is 4.98 Å². The van der Waals surface area contributed by atoms with Crippen LogP contribution >= 0.6 is 0 Å². The largest absolute Gasteiger partial charge is 0.305 e. The van der Waals surface area contributed by atoms with Gasteiger partial charge in [-0.25, -0.2) is 0 Å². The molecule has 1 heterocycles. The maximum absolute atomic E-state index is 4.50. The van der Waals surface area contributed by atoms with Crippen molar-refractivity contribution in [2.24, 2.45) is 0 Å². The van der Waals surface area contributed by atoms with Gasteiger partial charge in [0.1, 0.15) is 0 Å². The standard InChI is InChI=1S/C16H20N2/c1-12-7-4-5-10-16(12)14(3)17-11-15-9-6-8-13(2)18-15/h4-10,14,17H,11H2,1-3H3/t14-/m1/s1. The zero-order valence-electron chi connectivity index (χ0n) is 11.3. The van der Waals surface area contributed by atoms with Crippen molar-refractivity contribution in [3.05, 3.63) is 65.0 Å². The van der Waals surface area contributed by atoms with E-state index in [-0.39, 0.29) is 0 Å². The number of rotatable bonds is 4. The molecule has 0 bridgehead atoms. The smallest absolute Gasteiger partial charge is 0.0545 e. The second kappa shape index (κ2) is 5.78. The number of nitrogens with zero attached hydrogens (tertiary/aromatic N) is 1. The number of benzene rings is 1. The van der Waals surface area contributed by atoms with E-state index in [1.807, 2.05) is 13.0 Å². The van der Waals surface area contributed by atoms with Crippen molar-refractivity contribution < 1.29 is 0 Å². The molecule has 0 aliphatic heterocycles. The van der Waals surface area contributed by atoms with Gasteiger partial charge in [0, 0.05) is 18.3 Å². The number of hydrogen-bond acceptors (Lipinski definition) is 2. The molecule has 0 amide bonds. The Bertz CT molecular complexity index is 520. The van der Waals surface area contributed by atoms with Crippen LogP contribution in [0, 0.1) is 13.8 Å². The zero-order valence-corrected chi connectivity index (χ0v) is 11.3. The molecule has 2 nitrogen and oxygen atoms in total. The summed E-state index contributed by atoms with van der Waals surface area (Å²) in [6, 6.07) is 15.0. The maximum atomic E-state index is 4.50. The summed E-state index contributed by atoms with van der Waals surface area (Å²) < 4.78 is 0. The molecular formula is C16H20N2. The Balaban J connectivity index is 2.00. The molecule has 2 heteroatoms. The predicted molar refractivity (Wildman–Crippen MR) is 75.4 cm³/mol. The number of nitrogens with one attached hydrogen (secondary N) is 1. The lowest BCUT2D eigenvalue weighted by atomic mass is 10.0. The van der Waals surface area contributed by atoms with E-state index in [1.165, 1.54) is 11.1 Å². The molecule has 1 aromatic carbocycles. The van der Waals surface area contributed by atoms with Gasteiger partial charge in [-0.3, -0.25) is 4.98 Å². The monoisotopic (exact) mass is 240 g/mol. The van der Waals surface area contributed by atoms with E-state index < -0.39 is 0 Å². The highest BCUT2D eigenvalue weighted by molar-refractivity contribution is 5.28. The van der Waals surface area contributed by atoms with E-state index in [0.717, 1.165) is 17.9 Å². The van der Waals surface area contributed by atoms with Crippen LogP contribution < -0.4 is 5.32 Å². The SMILES string of the molecule is Cc1cccc(CN[C@H](C)c2ccccc2C)n1. The van der Waals surface area contributed by atoms with E-state index in [9.17, 15) is 0 Å². The average molecular weight is 240 g/mol. The number of pyridine rings is 1. The summed E-state index contributed by atoms with van der Waals surface area (Å²) in [5.74, 6) is 0. The third-order valence-electron chi connectivity index (χ3n) is 3.19. The molecule has 1 aromatic heterocycles. The summed E-state index contributed by atoms with van der Waals surface area (Å²) in [5.41, 5.74) is 4.84. The Morgan fingerprint density at radius 2 is 1.83 bits per heavy atom. The van der Waals surface area contributed by atoms with Crippen LogP contribution in [0.2, 0.25) is 0 Å². The molecule has 2 aromatic rings. The van der Waals surface area contributed by atoms with Gasteiger partial charge in [-0.15, -0.1) is 0 Å². The van der Waals surface area contributed by atoms with E-state index in [2.05, 4.69) is 60.5 Å². The molecular weight excluding hydrogens is 220 g/mol. The van der Waals surface area contributed by atoms with Crippen LogP contribution in [0.4, 0.5) is 0 Å². The van der Waals surface area contributed by atoms with Crippen molar-refractivity contribution in [1.29, 1.82) is 0 Å². The first kappa shape index (κ1) is 12.8. The molecule has 1 atom stereocenters. The minimum atomic E-state index is 0.341. The van der Waals surface area contributed by atoms with Crippen molar-refractivity contribution in [2.75, 3.05) is 0 Å². The van der Waals surface area contributed by atoms with Crippen molar-refractivity contribution >= 4 is 0 Å². The summed E-state index contributed by atoms with van der Waals surface area (Å²) in [7, 11) is 0. The second-order valence-electron chi connectivity index (χ2n) is 4.73. The third kappa shape index (κ3) is 3.17. The lowest BCUT2D eigenvalue weighted by Gasteiger charge is -2.16. The highest BCUT2D eigenvalue weighted by Crippen LogP contribution is 2.16. The highest BCUT2D eigenvalue weighted by atomic mass is 14.9. The quantitative estimate of drug-likeness (QED) is 0.884. The van der Waals surface area contributed by atoms with Gasteiger partial charge in [-0.2, -0.15) is 0 Å². The second-order valence-corrected chi connectivity index (χ2v) is 4.73. The Hall–Kier alpha value is -1.67. The van der Waals surface area contributed by atoms with Crippen molar-refractivity contribution in [3.8, 4) is 0 Å². The summed E-state index contributed by atoms with van der Waals surface area (Å²) in [6.07, 6.45) is 0. The van der Waals surface area contributed by atoms with Crippen LogP contribution in [-0.2, 0) is 6.54 Å². The Morgan fingerprint density at radius 3 is 2.56 bits per heavy atom. The fraction of sp³-hybridized carbons (Fsp3) is 0.312. The van der Waals surface area contributed by atoms with Gasteiger partial charge in [0.05, 0.1) is 5.69 Å². The molecule has 0 spiro atoms. The topological polar surface area (TPSA) is 24.9 Å². The molecule has 94 valence electrons. The Kier molecular flexibility index (Phi) is 4.11. The van der Waals surface area contributed by atoms with Gasteiger partial charge in [-0.1, -0.05) is 30.3 Å². The van der Waals surface area contributed by atoms with Gasteiger partial charge in [0.25, 0.3) is 0 Å². The lowest BCUT2D eigenvalue weighted by Crippen LogP contribution is -2.19. The fourth-order valence-corrected chi connectivity index (χ4v) is 2.14.